The second-order valence-electron chi connectivity index (χ2n) is 5.63. The Hall–Kier alpha value is -1.29. The largest absolute Gasteiger partial charge is 0.467 e. The molecule has 102 valence electrons. The molecule has 2 aliphatic rings. The summed E-state index contributed by atoms with van der Waals surface area (Å²) >= 11 is 5.52. The number of rotatable bonds is 2. The summed E-state index contributed by atoms with van der Waals surface area (Å²) in [6, 6.07) is 6.60. The van der Waals surface area contributed by atoms with Crippen LogP contribution in [0.25, 0.3) is 0 Å². The van der Waals surface area contributed by atoms with Gasteiger partial charge in [-0.1, -0.05) is 25.1 Å². The molecule has 19 heavy (non-hydrogen) atoms. The molecule has 3 rings (SSSR count). The lowest BCUT2D eigenvalue weighted by Gasteiger charge is -2.52. The van der Waals surface area contributed by atoms with Gasteiger partial charge in [-0.3, -0.25) is 0 Å². The van der Waals surface area contributed by atoms with Crippen LogP contribution in [-0.2, 0) is 0 Å². The standard InChI is InChI=1S/C15H20N2OS/c1-4-8-17-14(19)16-12-9-15(17,3)18-13-10(2)6-5-7-11(12)13/h5-7,12H,4,8-9H2,1-3H3,(H,16,19). The fourth-order valence-electron chi connectivity index (χ4n) is 3.14. The highest BCUT2D eigenvalue weighted by Crippen LogP contribution is 2.45. The van der Waals surface area contributed by atoms with E-state index in [1.165, 1.54) is 11.1 Å². The number of ether oxygens (including phenoxy) is 1. The van der Waals surface area contributed by atoms with Crippen molar-refractivity contribution in [1.29, 1.82) is 0 Å². The maximum atomic E-state index is 6.36. The molecule has 0 amide bonds. The number of aryl methyl sites for hydroxylation is 1. The molecule has 4 heteroatoms. The zero-order chi connectivity index (χ0) is 13.6. The fourth-order valence-corrected chi connectivity index (χ4v) is 3.56. The molecule has 2 aliphatic heterocycles. The van der Waals surface area contributed by atoms with Crippen molar-refractivity contribution < 1.29 is 4.74 Å². The third-order valence-electron chi connectivity index (χ3n) is 4.08. The summed E-state index contributed by atoms with van der Waals surface area (Å²) in [6.45, 7) is 7.35. The molecule has 0 saturated carbocycles. The third-order valence-corrected chi connectivity index (χ3v) is 4.42. The first-order valence-corrected chi connectivity index (χ1v) is 7.32. The Balaban J connectivity index is 2.06. The minimum atomic E-state index is -0.317. The highest BCUT2D eigenvalue weighted by molar-refractivity contribution is 7.80. The summed E-state index contributed by atoms with van der Waals surface area (Å²) in [4.78, 5) is 2.19. The summed E-state index contributed by atoms with van der Waals surface area (Å²) in [6.07, 6.45) is 2.00. The van der Waals surface area contributed by atoms with E-state index in [9.17, 15) is 0 Å². The van der Waals surface area contributed by atoms with Crippen molar-refractivity contribution in [2.45, 2.75) is 45.4 Å². The number of thiocarbonyl (C=S) groups is 1. The van der Waals surface area contributed by atoms with Crippen LogP contribution in [-0.4, -0.2) is 22.3 Å². The van der Waals surface area contributed by atoms with Crippen molar-refractivity contribution in [2.24, 2.45) is 0 Å². The lowest BCUT2D eigenvalue weighted by molar-refractivity contribution is -0.0685. The minimum Gasteiger partial charge on any atom is -0.467 e. The first-order chi connectivity index (χ1) is 9.05. The van der Waals surface area contributed by atoms with E-state index in [0.717, 1.165) is 30.2 Å². The molecule has 3 nitrogen and oxygen atoms in total. The van der Waals surface area contributed by atoms with E-state index in [0.29, 0.717) is 0 Å². The van der Waals surface area contributed by atoms with Crippen LogP contribution in [0.1, 0.15) is 43.9 Å². The zero-order valence-electron chi connectivity index (χ0n) is 11.7. The molecular formula is C15H20N2OS. The number of nitrogens with zero attached hydrogens (tertiary/aromatic N) is 1. The number of para-hydroxylation sites is 1. The lowest BCUT2D eigenvalue weighted by atomic mass is 9.89. The van der Waals surface area contributed by atoms with Gasteiger partial charge in [-0.15, -0.1) is 0 Å². The number of nitrogens with one attached hydrogen (secondary N) is 1. The molecule has 0 spiro atoms. The van der Waals surface area contributed by atoms with Gasteiger partial charge in [0.05, 0.1) is 6.04 Å². The third kappa shape index (κ3) is 1.89. The van der Waals surface area contributed by atoms with Gasteiger partial charge in [0.1, 0.15) is 5.75 Å². The van der Waals surface area contributed by atoms with Crippen LogP contribution in [0, 0.1) is 6.92 Å². The average Bonchev–Trinajstić information content (AvgIpc) is 2.36. The molecule has 1 fully saturated rings. The molecule has 1 aromatic rings. The van der Waals surface area contributed by atoms with E-state index in [-0.39, 0.29) is 11.8 Å². The van der Waals surface area contributed by atoms with Gasteiger partial charge in [-0.2, -0.15) is 0 Å². The monoisotopic (exact) mass is 276 g/mol. The fraction of sp³-hybridized carbons (Fsp3) is 0.533. The second-order valence-corrected chi connectivity index (χ2v) is 6.01. The van der Waals surface area contributed by atoms with Gasteiger partial charge in [0.2, 0.25) is 0 Å². The van der Waals surface area contributed by atoms with Crippen molar-refractivity contribution in [2.75, 3.05) is 6.54 Å². The summed E-state index contributed by atoms with van der Waals surface area (Å²) in [5.74, 6) is 1.03. The van der Waals surface area contributed by atoms with E-state index in [1.807, 2.05) is 0 Å². The van der Waals surface area contributed by atoms with Gasteiger partial charge in [-0.05, 0) is 38.0 Å². The highest BCUT2D eigenvalue weighted by atomic mass is 32.1. The quantitative estimate of drug-likeness (QED) is 0.839. The lowest BCUT2D eigenvalue weighted by Crippen LogP contribution is -2.64. The van der Waals surface area contributed by atoms with Crippen molar-refractivity contribution in [1.82, 2.24) is 10.2 Å². The molecule has 1 aromatic carbocycles. The predicted octanol–water partition coefficient (Wildman–Crippen LogP) is 3.13. The second kappa shape index (κ2) is 4.37. The smallest absolute Gasteiger partial charge is 0.184 e. The van der Waals surface area contributed by atoms with Crippen molar-refractivity contribution in [3.63, 3.8) is 0 Å². The van der Waals surface area contributed by atoms with Crippen molar-refractivity contribution in [3.8, 4) is 5.75 Å². The van der Waals surface area contributed by atoms with Gasteiger partial charge < -0.3 is 15.0 Å². The number of fused-ring (bicyclic) bond motifs is 4. The molecule has 2 unspecified atom stereocenters. The first kappa shape index (κ1) is 12.7. The Bertz CT molecular complexity index is 531. The normalized spacial score (nSPS) is 28.5. The van der Waals surface area contributed by atoms with Gasteiger partial charge in [0.15, 0.2) is 10.8 Å². The van der Waals surface area contributed by atoms with Gasteiger partial charge in [0, 0.05) is 18.5 Å². The van der Waals surface area contributed by atoms with E-state index >= 15 is 0 Å². The van der Waals surface area contributed by atoms with Gasteiger partial charge >= 0.3 is 0 Å². The molecule has 2 heterocycles. The molecule has 2 atom stereocenters. The highest BCUT2D eigenvalue weighted by Gasteiger charge is 2.47. The van der Waals surface area contributed by atoms with Crippen LogP contribution in [0.2, 0.25) is 0 Å². The number of benzene rings is 1. The molecule has 0 aliphatic carbocycles. The zero-order valence-corrected chi connectivity index (χ0v) is 12.5. The van der Waals surface area contributed by atoms with E-state index < -0.39 is 0 Å². The topological polar surface area (TPSA) is 24.5 Å². The number of hydrogen-bond acceptors (Lipinski definition) is 2. The Morgan fingerprint density at radius 1 is 1.53 bits per heavy atom. The Morgan fingerprint density at radius 3 is 3.05 bits per heavy atom. The van der Waals surface area contributed by atoms with Crippen molar-refractivity contribution in [3.05, 3.63) is 29.3 Å². The SMILES string of the molecule is CCCN1C(=S)NC2CC1(C)Oc1c(C)cccc12. The van der Waals surface area contributed by atoms with E-state index in [4.69, 9.17) is 17.0 Å². The molecular weight excluding hydrogens is 256 g/mol. The summed E-state index contributed by atoms with van der Waals surface area (Å²) in [7, 11) is 0. The molecule has 0 aromatic heterocycles. The van der Waals surface area contributed by atoms with Crippen molar-refractivity contribution >= 4 is 17.3 Å². The molecule has 0 radical (unpaired) electrons. The van der Waals surface area contributed by atoms with Crippen LogP contribution in [0.5, 0.6) is 5.75 Å². The summed E-state index contributed by atoms with van der Waals surface area (Å²) in [5.41, 5.74) is 2.11. The van der Waals surface area contributed by atoms with Crippen LogP contribution in [0.4, 0.5) is 0 Å². The average molecular weight is 276 g/mol. The summed E-state index contributed by atoms with van der Waals surface area (Å²) < 4.78 is 6.36. The van der Waals surface area contributed by atoms with Crippen LogP contribution >= 0.6 is 12.2 Å². The Kier molecular flexibility index (Phi) is 2.93. The maximum Gasteiger partial charge on any atom is 0.184 e. The Labute approximate surface area is 119 Å². The number of hydrogen-bond donors (Lipinski definition) is 1. The predicted molar refractivity (Wildman–Crippen MR) is 80.3 cm³/mol. The van der Waals surface area contributed by atoms with Gasteiger partial charge in [-0.25, -0.2) is 0 Å². The van der Waals surface area contributed by atoms with Gasteiger partial charge in [0.25, 0.3) is 0 Å². The van der Waals surface area contributed by atoms with Crippen LogP contribution in [0.3, 0.4) is 0 Å². The maximum absolute atomic E-state index is 6.36. The summed E-state index contributed by atoms with van der Waals surface area (Å²) in [5, 5.41) is 4.28. The first-order valence-electron chi connectivity index (χ1n) is 6.92. The molecule has 1 saturated heterocycles. The molecule has 1 N–H and O–H groups in total. The van der Waals surface area contributed by atoms with E-state index in [2.05, 4.69) is 49.2 Å². The van der Waals surface area contributed by atoms with E-state index in [1.54, 1.807) is 0 Å². The minimum absolute atomic E-state index is 0.272. The Morgan fingerprint density at radius 2 is 2.32 bits per heavy atom. The molecule has 2 bridgehead atoms. The van der Waals surface area contributed by atoms with Crippen LogP contribution in [0.15, 0.2) is 18.2 Å². The van der Waals surface area contributed by atoms with Crippen LogP contribution < -0.4 is 10.1 Å².